The topological polar surface area (TPSA) is 110 Å². The maximum Gasteiger partial charge on any atom is 0.251 e. The number of anilines is 1. The van der Waals surface area contributed by atoms with E-state index in [0.717, 1.165) is 11.1 Å². The number of aromatic nitrogens is 4. The molecule has 8 heteroatoms. The van der Waals surface area contributed by atoms with Crippen LogP contribution in [0.5, 0.6) is 0 Å². The molecule has 34 heavy (non-hydrogen) atoms. The Morgan fingerprint density at radius 1 is 1.06 bits per heavy atom. The number of hydrogen-bond acceptors (Lipinski definition) is 6. The Bertz CT molecular complexity index is 1480. The standard InChI is InChI=1S/C26H23FN6O/c1-16-18(14-28)6-4-8-20(16)22-13-21(31-25(29)32-22)17-10-11-33(24(34)12-17)15-19-7-5-9-23(30-19)26(2,3)27/h4-13H,15H2,1-3H3,(H2,29,31,32). The van der Waals surface area contributed by atoms with E-state index in [1.165, 1.54) is 24.5 Å². The first-order valence-corrected chi connectivity index (χ1v) is 10.7. The smallest absolute Gasteiger partial charge is 0.251 e. The molecule has 0 bridgehead atoms. The molecule has 7 nitrogen and oxygen atoms in total. The van der Waals surface area contributed by atoms with Crippen LogP contribution >= 0.6 is 0 Å². The molecule has 0 aliphatic heterocycles. The maximum atomic E-state index is 14.2. The molecule has 0 saturated carbocycles. The molecule has 3 aromatic heterocycles. The lowest BCUT2D eigenvalue weighted by atomic mass is 9.99. The third kappa shape index (κ3) is 4.69. The molecule has 0 unspecified atom stereocenters. The van der Waals surface area contributed by atoms with Crippen molar-refractivity contribution in [3.05, 3.63) is 93.7 Å². The molecular weight excluding hydrogens is 431 g/mol. The minimum absolute atomic E-state index is 0.0632. The number of nitrogens with zero attached hydrogens (tertiary/aromatic N) is 5. The van der Waals surface area contributed by atoms with Crippen molar-refractivity contribution in [1.82, 2.24) is 19.5 Å². The Morgan fingerprint density at radius 2 is 1.79 bits per heavy atom. The van der Waals surface area contributed by atoms with Crippen molar-refractivity contribution in [2.75, 3.05) is 5.73 Å². The van der Waals surface area contributed by atoms with Gasteiger partial charge in [0.15, 0.2) is 0 Å². The molecule has 2 N–H and O–H groups in total. The van der Waals surface area contributed by atoms with Crippen LogP contribution in [0.15, 0.2) is 65.6 Å². The second kappa shape index (κ2) is 8.87. The molecule has 0 atom stereocenters. The minimum atomic E-state index is -1.57. The first kappa shape index (κ1) is 22.8. The lowest BCUT2D eigenvalue weighted by molar-refractivity contribution is 0.214. The van der Waals surface area contributed by atoms with Crippen molar-refractivity contribution in [3.63, 3.8) is 0 Å². The lowest BCUT2D eigenvalue weighted by Gasteiger charge is -2.15. The summed E-state index contributed by atoms with van der Waals surface area (Å²) in [5, 5.41) is 9.33. The van der Waals surface area contributed by atoms with E-state index in [0.29, 0.717) is 33.9 Å². The fourth-order valence-electron chi connectivity index (χ4n) is 3.66. The van der Waals surface area contributed by atoms with Gasteiger partial charge in [0, 0.05) is 23.4 Å². The third-order valence-corrected chi connectivity index (χ3v) is 5.51. The van der Waals surface area contributed by atoms with E-state index in [2.05, 4.69) is 21.0 Å². The highest BCUT2D eigenvalue weighted by Crippen LogP contribution is 2.28. The zero-order valence-corrected chi connectivity index (χ0v) is 19.1. The van der Waals surface area contributed by atoms with Crippen LogP contribution in [-0.2, 0) is 12.2 Å². The van der Waals surface area contributed by atoms with Gasteiger partial charge in [-0.15, -0.1) is 0 Å². The van der Waals surface area contributed by atoms with E-state index in [4.69, 9.17) is 5.73 Å². The van der Waals surface area contributed by atoms with Crippen LogP contribution in [0.25, 0.3) is 22.5 Å². The average Bonchev–Trinajstić information content (AvgIpc) is 2.80. The first-order valence-electron chi connectivity index (χ1n) is 10.7. The van der Waals surface area contributed by atoms with E-state index in [9.17, 15) is 14.4 Å². The fraction of sp³-hybridized carbons (Fsp3) is 0.192. The molecule has 4 aromatic rings. The summed E-state index contributed by atoms with van der Waals surface area (Å²) in [6.45, 7) is 4.94. The Balaban J connectivity index is 1.68. The van der Waals surface area contributed by atoms with Gasteiger partial charge < -0.3 is 10.3 Å². The highest BCUT2D eigenvalue weighted by molar-refractivity contribution is 5.72. The van der Waals surface area contributed by atoms with Gasteiger partial charge in [-0.1, -0.05) is 18.2 Å². The Labute approximate surface area is 196 Å². The third-order valence-electron chi connectivity index (χ3n) is 5.51. The van der Waals surface area contributed by atoms with Crippen LogP contribution in [0.1, 0.15) is 36.4 Å². The van der Waals surface area contributed by atoms with Gasteiger partial charge in [-0.05, 0) is 56.7 Å². The summed E-state index contributed by atoms with van der Waals surface area (Å²) in [7, 11) is 0. The van der Waals surface area contributed by atoms with E-state index < -0.39 is 5.67 Å². The molecule has 0 aliphatic rings. The van der Waals surface area contributed by atoms with Crippen LogP contribution in [0.3, 0.4) is 0 Å². The summed E-state index contributed by atoms with van der Waals surface area (Å²) in [5.41, 5.74) is 8.78. The van der Waals surface area contributed by atoms with Crippen LogP contribution in [0.4, 0.5) is 10.3 Å². The van der Waals surface area contributed by atoms with E-state index in [-0.39, 0.29) is 18.1 Å². The zero-order valence-electron chi connectivity index (χ0n) is 19.1. The number of nitrogen functional groups attached to an aromatic ring is 1. The molecule has 0 radical (unpaired) electrons. The van der Waals surface area contributed by atoms with Gasteiger partial charge in [0.25, 0.3) is 5.56 Å². The molecule has 1 aromatic carbocycles. The first-order chi connectivity index (χ1) is 16.2. The predicted molar refractivity (Wildman–Crippen MR) is 129 cm³/mol. The summed E-state index contributed by atoms with van der Waals surface area (Å²) in [6, 6.07) is 17.6. The van der Waals surface area contributed by atoms with Gasteiger partial charge in [-0.2, -0.15) is 5.26 Å². The highest BCUT2D eigenvalue weighted by atomic mass is 19.1. The second-order valence-electron chi connectivity index (χ2n) is 8.45. The van der Waals surface area contributed by atoms with Gasteiger partial charge in [-0.3, -0.25) is 9.78 Å². The number of alkyl halides is 1. The number of pyridine rings is 2. The SMILES string of the molecule is Cc1c(C#N)cccc1-c1cc(-c2ccn(Cc3cccc(C(C)(C)F)n3)c(=O)c2)nc(N)n1. The van der Waals surface area contributed by atoms with Crippen molar-refractivity contribution in [2.24, 2.45) is 0 Å². The zero-order chi connectivity index (χ0) is 24.5. The summed E-state index contributed by atoms with van der Waals surface area (Å²) in [5.74, 6) is 0.0632. The number of nitrogens with two attached hydrogens (primary N) is 1. The monoisotopic (exact) mass is 454 g/mol. The molecule has 170 valence electrons. The summed E-state index contributed by atoms with van der Waals surface area (Å²) in [6.07, 6.45) is 1.64. The van der Waals surface area contributed by atoms with Gasteiger partial charge in [0.2, 0.25) is 5.95 Å². The molecule has 0 spiro atoms. The van der Waals surface area contributed by atoms with Crippen LogP contribution in [0, 0.1) is 18.3 Å². The van der Waals surface area contributed by atoms with Crippen molar-refractivity contribution in [3.8, 4) is 28.6 Å². The number of benzene rings is 1. The average molecular weight is 455 g/mol. The molecule has 4 rings (SSSR count). The van der Waals surface area contributed by atoms with Gasteiger partial charge in [-0.25, -0.2) is 14.4 Å². The molecule has 0 amide bonds. The Kier molecular flexibility index (Phi) is 5.95. The van der Waals surface area contributed by atoms with Gasteiger partial charge >= 0.3 is 0 Å². The molecule has 3 heterocycles. The van der Waals surface area contributed by atoms with E-state index in [1.54, 1.807) is 48.7 Å². The fourth-order valence-corrected chi connectivity index (χ4v) is 3.66. The predicted octanol–water partition coefficient (Wildman–Crippen LogP) is 4.38. The maximum absolute atomic E-state index is 14.2. The Morgan fingerprint density at radius 3 is 2.50 bits per heavy atom. The van der Waals surface area contributed by atoms with Gasteiger partial charge in [0.05, 0.1) is 41.0 Å². The second-order valence-corrected chi connectivity index (χ2v) is 8.45. The molecule has 0 fully saturated rings. The molecular formula is C26H23FN6O. The highest BCUT2D eigenvalue weighted by Gasteiger charge is 2.20. The van der Waals surface area contributed by atoms with Crippen LogP contribution < -0.4 is 11.3 Å². The summed E-state index contributed by atoms with van der Waals surface area (Å²) < 4.78 is 15.7. The number of halogens is 1. The molecule has 0 saturated heterocycles. The van der Waals surface area contributed by atoms with Crippen LogP contribution in [0.2, 0.25) is 0 Å². The minimum Gasteiger partial charge on any atom is -0.368 e. The number of nitriles is 1. The van der Waals surface area contributed by atoms with Crippen molar-refractivity contribution >= 4 is 5.95 Å². The summed E-state index contributed by atoms with van der Waals surface area (Å²) >= 11 is 0. The summed E-state index contributed by atoms with van der Waals surface area (Å²) in [4.78, 5) is 25.8. The largest absolute Gasteiger partial charge is 0.368 e. The van der Waals surface area contributed by atoms with Gasteiger partial charge in [0.1, 0.15) is 5.67 Å². The normalized spacial score (nSPS) is 11.3. The lowest BCUT2D eigenvalue weighted by Crippen LogP contribution is -2.21. The van der Waals surface area contributed by atoms with Crippen molar-refractivity contribution in [1.29, 1.82) is 5.26 Å². The quantitative estimate of drug-likeness (QED) is 0.479. The number of rotatable bonds is 5. The number of hydrogen-bond donors (Lipinski definition) is 1. The molecule has 0 aliphatic carbocycles. The van der Waals surface area contributed by atoms with Crippen molar-refractivity contribution < 1.29 is 4.39 Å². The van der Waals surface area contributed by atoms with E-state index >= 15 is 0 Å². The Hall–Kier alpha value is -4.38. The van der Waals surface area contributed by atoms with Crippen molar-refractivity contribution in [2.45, 2.75) is 33.0 Å². The van der Waals surface area contributed by atoms with Crippen LogP contribution in [-0.4, -0.2) is 19.5 Å². The van der Waals surface area contributed by atoms with E-state index in [1.807, 2.05) is 13.0 Å².